The normalized spacial score (nSPS) is 12.0. The van der Waals surface area contributed by atoms with Crippen molar-refractivity contribution in [2.45, 2.75) is 18.9 Å². The Hall–Kier alpha value is -1.33. The van der Waals surface area contributed by atoms with E-state index in [-0.39, 0.29) is 6.10 Å². The number of hydrogen-bond donors (Lipinski definition) is 0. The van der Waals surface area contributed by atoms with Gasteiger partial charge in [-0.2, -0.15) is 5.26 Å². The Balaban J connectivity index is 2.63. The molecule has 68 valence electrons. The van der Waals surface area contributed by atoms with Gasteiger partial charge in [-0.05, 0) is 12.0 Å². The Kier molecular flexibility index (Phi) is 4.01. The van der Waals surface area contributed by atoms with E-state index in [1.807, 2.05) is 30.3 Å². The number of ether oxygens (including phenoxy) is 1. The molecule has 13 heavy (non-hydrogen) atoms. The van der Waals surface area contributed by atoms with Crippen molar-refractivity contribution in [1.29, 1.82) is 5.26 Å². The predicted molar refractivity (Wildman–Crippen MR) is 51.0 cm³/mol. The van der Waals surface area contributed by atoms with Crippen LogP contribution >= 0.6 is 0 Å². The quantitative estimate of drug-likeness (QED) is 0.704. The summed E-state index contributed by atoms with van der Waals surface area (Å²) in [5, 5.41) is 8.45. The van der Waals surface area contributed by atoms with Gasteiger partial charge in [0.1, 0.15) is 0 Å². The van der Waals surface area contributed by atoms with Gasteiger partial charge in [-0.3, -0.25) is 0 Å². The minimum atomic E-state index is 0.0563. The summed E-state index contributed by atoms with van der Waals surface area (Å²) in [5.41, 5.74) is 1.14. The molecule has 0 amide bonds. The molecule has 0 saturated carbocycles. The molecule has 2 nitrogen and oxygen atoms in total. The van der Waals surface area contributed by atoms with Gasteiger partial charge in [0.15, 0.2) is 0 Å². The number of hydrogen-bond acceptors (Lipinski definition) is 2. The number of methoxy groups -OCH3 is 1. The van der Waals surface area contributed by atoms with E-state index in [4.69, 9.17) is 10.00 Å². The molecule has 0 heterocycles. The summed E-state index contributed by atoms with van der Waals surface area (Å²) < 4.78 is 5.29. The Morgan fingerprint density at radius 2 is 2.08 bits per heavy atom. The maximum atomic E-state index is 8.45. The van der Waals surface area contributed by atoms with E-state index >= 15 is 0 Å². The Morgan fingerprint density at radius 1 is 1.38 bits per heavy atom. The van der Waals surface area contributed by atoms with Crippen LogP contribution in [-0.4, -0.2) is 7.11 Å². The van der Waals surface area contributed by atoms with Crippen LogP contribution in [0.3, 0.4) is 0 Å². The van der Waals surface area contributed by atoms with Crippen molar-refractivity contribution in [3.8, 4) is 6.07 Å². The highest BCUT2D eigenvalue weighted by atomic mass is 16.5. The molecule has 0 spiro atoms. The number of rotatable bonds is 4. The van der Waals surface area contributed by atoms with Gasteiger partial charge in [0, 0.05) is 13.5 Å². The van der Waals surface area contributed by atoms with E-state index in [1.54, 1.807) is 7.11 Å². The third kappa shape index (κ3) is 2.89. The average molecular weight is 175 g/mol. The molecule has 0 saturated heterocycles. The lowest BCUT2D eigenvalue weighted by Gasteiger charge is -2.13. The third-order valence-corrected chi connectivity index (χ3v) is 1.97. The highest BCUT2D eigenvalue weighted by Gasteiger charge is 2.08. The van der Waals surface area contributed by atoms with Crippen LogP contribution in [0.25, 0.3) is 0 Å². The van der Waals surface area contributed by atoms with Gasteiger partial charge in [0.05, 0.1) is 12.2 Å². The van der Waals surface area contributed by atoms with E-state index in [1.165, 1.54) is 0 Å². The Morgan fingerprint density at radius 3 is 2.62 bits per heavy atom. The van der Waals surface area contributed by atoms with Gasteiger partial charge in [0.2, 0.25) is 0 Å². The van der Waals surface area contributed by atoms with E-state index in [2.05, 4.69) is 6.07 Å². The molecule has 0 radical (unpaired) electrons. The van der Waals surface area contributed by atoms with Crippen molar-refractivity contribution < 1.29 is 4.74 Å². The second-order valence-electron chi connectivity index (χ2n) is 2.83. The maximum absolute atomic E-state index is 8.45. The summed E-state index contributed by atoms with van der Waals surface area (Å²) in [4.78, 5) is 0. The van der Waals surface area contributed by atoms with Crippen LogP contribution in [0, 0.1) is 11.3 Å². The summed E-state index contributed by atoms with van der Waals surface area (Å²) in [6.45, 7) is 0. The molecule has 1 aromatic rings. The minimum Gasteiger partial charge on any atom is -0.377 e. The lowest BCUT2D eigenvalue weighted by Crippen LogP contribution is -2.00. The summed E-state index contributed by atoms with van der Waals surface area (Å²) in [6, 6.07) is 12.1. The summed E-state index contributed by atoms with van der Waals surface area (Å²) >= 11 is 0. The van der Waals surface area contributed by atoms with E-state index < -0.39 is 0 Å². The molecule has 0 aliphatic heterocycles. The highest BCUT2D eigenvalue weighted by molar-refractivity contribution is 5.17. The SMILES string of the molecule is COC(CCC#N)c1ccccc1. The lowest BCUT2D eigenvalue weighted by molar-refractivity contribution is 0.0969. The average Bonchev–Trinajstić information content (AvgIpc) is 2.21. The van der Waals surface area contributed by atoms with Crippen molar-refractivity contribution >= 4 is 0 Å². The molecule has 1 atom stereocenters. The Labute approximate surface area is 78.8 Å². The van der Waals surface area contributed by atoms with E-state index in [0.717, 1.165) is 12.0 Å². The molecule has 1 rings (SSSR count). The molecule has 2 heteroatoms. The van der Waals surface area contributed by atoms with Crippen LogP contribution in [0.5, 0.6) is 0 Å². The second kappa shape index (κ2) is 5.34. The van der Waals surface area contributed by atoms with Crippen molar-refractivity contribution in [3.63, 3.8) is 0 Å². The standard InChI is InChI=1S/C11H13NO/c1-13-11(8-5-9-12)10-6-3-2-4-7-10/h2-4,6-7,11H,5,8H2,1H3. The largest absolute Gasteiger partial charge is 0.377 e. The van der Waals surface area contributed by atoms with Crippen molar-refractivity contribution in [3.05, 3.63) is 35.9 Å². The van der Waals surface area contributed by atoms with Crippen LogP contribution in [0.15, 0.2) is 30.3 Å². The van der Waals surface area contributed by atoms with E-state index in [9.17, 15) is 0 Å². The fraction of sp³-hybridized carbons (Fsp3) is 0.364. The smallest absolute Gasteiger partial charge is 0.0831 e. The fourth-order valence-electron chi connectivity index (χ4n) is 1.28. The van der Waals surface area contributed by atoms with Gasteiger partial charge in [0.25, 0.3) is 0 Å². The summed E-state index contributed by atoms with van der Waals surface area (Å²) in [7, 11) is 1.68. The van der Waals surface area contributed by atoms with E-state index in [0.29, 0.717) is 6.42 Å². The number of nitriles is 1. The predicted octanol–water partition coefficient (Wildman–Crippen LogP) is 2.68. The van der Waals surface area contributed by atoms with Crippen molar-refractivity contribution in [1.82, 2.24) is 0 Å². The fourth-order valence-corrected chi connectivity index (χ4v) is 1.28. The lowest BCUT2D eigenvalue weighted by atomic mass is 10.1. The van der Waals surface area contributed by atoms with Crippen LogP contribution < -0.4 is 0 Å². The number of benzene rings is 1. The molecule has 0 fully saturated rings. The Bertz CT molecular complexity index is 276. The molecular weight excluding hydrogens is 162 g/mol. The first-order valence-electron chi connectivity index (χ1n) is 4.33. The maximum Gasteiger partial charge on any atom is 0.0831 e. The van der Waals surface area contributed by atoms with Crippen LogP contribution in [-0.2, 0) is 4.74 Å². The van der Waals surface area contributed by atoms with Gasteiger partial charge < -0.3 is 4.74 Å². The molecule has 1 unspecified atom stereocenters. The summed E-state index contributed by atoms with van der Waals surface area (Å²) in [6.07, 6.45) is 1.35. The first-order chi connectivity index (χ1) is 6.38. The molecule has 0 aromatic heterocycles. The van der Waals surface area contributed by atoms with Gasteiger partial charge >= 0.3 is 0 Å². The van der Waals surface area contributed by atoms with Crippen molar-refractivity contribution in [2.24, 2.45) is 0 Å². The molecule has 0 aliphatic rings. The molecule has 0 bridgehead atoms. The topological polar surface area (TPSA) is 33.0 Å². The molecule has 0 N–H and O–H groups in total. The van der Waals surface area contributed by atoms with Crippen LogP contribution in [0.2, 0.25) is 0 Å². The molecule has 1 aromatic carbocycles. The van der Waals surface area contributed by atoms with Gasteiger partial charge in [-0.25, -0.2) is 0 Å². The highest BCUT2D eigenvalue weighted by Crippen LogP contribution is 2.20. The summed E-state index contributed by atoms with van der Waals surface area (Å²) in [5.74, 6) is 0. The zero-order valence-corrected chi connectivity index (χ0v) is 7.73. The third-order valence-electron chi connectivity index (χ3n) is 1.97. The monoisotopic (exact) mass is 175 g/mol. The second-order valence-corrected chi connectivity index (χ2v) is 2.83. The van der Waals surface area contributed by atoms with Crippen LogP contribution in [0.1, 0.15) is 24.5 Å². The van der Waals surface area contributed by atoms with Crippen molar-refractivity contribution in [2.75, 3.05) is 7.11 Å². The van der Waals surface area contributed by atoms with Crippen LogP contribution in [0.4, 0.5) is 0 Å². The zero-order chi connectivity index (χ0) is 9.52. The molecule has 0 aliphatic carbocycles. The van der Waals surface area contributed by atoms with Gasteiger partial charge in [-0.15, -0.1) is 0 Å². The molecular formula is C11H13NO. The number of nitrogens with zero attached hydrogens (tertiary/aromatic N) is 1. The zero-order valence-electron chi connectivity index (χ0n) is 7.73. The minimum absolute atomic E-state index is 0.0563. The van der Waals surface area contributed by atoms with Gasteiger partial charge in [-0.1, -0.05) is 30.3 Å². The first kappa shape index (κ1) is 9.76. The first-order valence-corrected chi connectivity index (χ1v) is 4.33.